The summed E-state index contributed by atoms with van der Waals surface area (Å²) >= 11 is 2.34. The van der Waals surface area contributed by atoms with Gasteiger partial charge < -0.3 is 4.74 Å². The van der Waals surface area contributed by atoms with Gasteiger partial charge in [-0.2, -0.15) is 26.3 Å². The van der Waals surface area contributed by atoms with Crippen LogP contribution in [0.1, 0.15) is 23.6 Å². The third-order valence-corrected chi connectivity index (χ3v) is 3.28. The lowest BCUT2D eigenvalue weighted by molar-refractivity contribution is -0.145. The number of hydrogen-bond donors (Lipinski definition) is 0. The molecule has 0 saturated heterocycles. The summed E-state index contributed by atoms with van der Waals surface area (Å²) in [7, 11) is 0. The highest BCUT2D eigenvalue weighted by molar-refractivity contribution is 9.10. The number of carbonyl (C=O) groups excluding carboxylic acids is 1. The maximum atomic E-state index is 13.0. The van der Waals surface area contributed by atoms with Crippen molar-refractivity contribution in [1.29, 1.82) is 0 Å². The van der Waals surface area contributed by atoms with Crippen LogP contribution in [-0.4, -0.2) is 12.6 Å². The van der Waals surface area contributed by atoms with Gasteiger partial charge in [0.25, 0.3) is 0 Å². The van der Waals surface area contributed by atoms with Gasteiger partial charge in [0.2, 0.25) is 0 Å². The standard InChI is InChI=1S/C12H9BrF6O2/c1-2-21-8(20)5-6-3-4-7(11(14,15)16)10(13)9(6)12(17,18)19/h3-4H,2,5H2,1H3. The Labute approximate surface area is 124 Å². The van der Waals surface area contributed by atoms with Crippen LogP contribution >= 0.6 is 15.9 Å². The number of carbonyl (C=O) groups is 1. The van der Waals surface area contributed by atoms with Crippen LogP contribution in [0.3, 0.4) is 0 Å². The van der Waals surface area contributed by atoms with Crippen LogP contribution in [0.4, 0.5) is 26.3 Å². The number of esters is 1. The van der Waals surface area contributed by atoms with Crippen molar-refractivity contribution in [1.82, 2.24) is 0 Å². The van der Waals surface area contributed by atoms with Crippen LogP contribution in [0, 0.1) is 0 Å². The zero-order valence-corrected chi connectivity index (χ0v) is 12.1. The Bertz CT molecular complexity index is 536. The smallest absolute Gasteiger partial charge is 0.417 e. The van der Waals surface area contributed by atoms with Gasteiger partial charge in [-0.3, -0.25) is 4.79 Å². The van der Waals surface area contributed by atoms with E-state index < -0.39 is 45.9 Å². The van der Waals surface area contributed by atoms with Gasteiger partial charge in [0.1, 0.15) is 0 Å². The molecule has 0 bridgehead atoms. The monoisotopic (exact) mass is 378 g/mol. The summed E-state index contributed by atoms with van der Waals surface area (Å²) in [5.74, 6) is -0.949. The number of rotatable bonds is 3. The van der Waals surface area contributed by atoms with Crippen LogP contribution < -0.4 is 0 Å². The molecule has 0 amide bonds. The summed E-state index contributed by atoms with van der Waals surface area (Å²) in [5.41, 5.74) is -3.56. The topological polar surface area (TPSA) is 26.3 Å². The van der Waals surface area contributed by atoms with Crippen molar-refractivity contribution in [3.05, 3.63) is 33.3 Å². The van der Waals surface area contributed by atoms with E-state index in [2.05, 4.69) is 20.7 Å². The molecule has 118 valence electrons. The minimum Gasteiger partial charge on any atom is -0.466 e. The molecule has 0 aliphatic carbocycles. The lowest BCUT2D eigenvalue weighted by atomic mass is 10.0. The fourth-order valence-electron chi connectivity index (χ4n) is 1.66. The molecule has 0 aromatic heterocycles. The van der Waals surface area contributed by atoms with Crippen LogP contribution in [0.15, 0.2) is 16.6 Å². The van der Waals surface area contributed by atoms with Gasteiger partial charge >= 0.3 is 18.3 Å². The zero-order chi connectivity index (χ0) is 16.4. The van der Waals surface area contributed by atoms with Gasteiger partial charge in [-0.1, -0.05) is 6.07 Å². The molecule has 0 atom stereocenters. The average molecular weight is 379 g/mol. The normalized spacial score (nSPS) is 12.4. The molecule has 21 heavy (non-hydrogen) atoms. The third-order valence-electron chi connectivity index (χ3n) is 2.46. The quantitative estimate of drug-likeness (QED) is 0.567. The summed E-state index contributed by atoms with van der Waals surface area (Å²) in [6.45, 7) is 1.42. The molecule has 1 aromatic rings. The van der Waals surface area contributed by atoms with Crippen LogP contribution in [0.25, 0.3) is 0 Å². The molecule has 1 rings (SSSR count). The minimum absolute atomic E-state index is 0.0397. The third kappa shape index (κ3) is 4.36. The average Bonchev–Trinajstić information content (AvgIpc) is 2.25. The molecule has 0 fully saturated rings. The first-order valence-electron chi connectivity index (χ1n) is 5.59. The van der Waals surface area contributed by atoms with Gasteiger partial charge in [0.15, 0.2) is 0 Å². The number of halogens is 7. The zero-order valence-electron chi connectivity index (χ0n) is 10.5. The maximum absolute atomic E-state index is 13.0. The molecule has 1 aromatic carbocycles. The first-order chi connectivity index (χ1) is 9.48. The Morgan fingerprint density at radius 1 is 1.14 bits per heavy atom. The molecule has 0 heterocycles. The van der Waals surface area contributed by atoms with E-state index in [-0.39, 0.29) is 6.61 Å². The fraction of sp³-hybridized carbons (Fsp3) is 0.417. The summed E-state index contributed by atoms with van der Waals surface area (Å²) in [4.78, 5) is 11.3. The van der Waals surface area contributed by atoms with E-state index in [0.29, 0.717) is 12.1 Å². The first kappa shape index (κ1) is 17.8. The lowest BCUT2D eigenvalue weighted by Gasteiger charge is -2.18. The highest BCUT2D eigenvalue weighted by atomic mass is 79.9. The van der Waals surface area contributed by atoms with Gasteiger partial charge in [0, 0.05) is 4.47 Å². The highest BCUT2D eigenvalue weighted by Gasteiger charge is 2.42. The molecular weight excluding hydrogens is 370 g/mol. The summed E-state index contributed by atoms with van der Waals surface area (Å²) in [5, 5.41) is 0. The molecule has 0 unspecified atom stereocenters. The molecule has 0 aliphatic rings. The van der Waals surface area contributed by atoms with E-state index in [1.54, 1.807) is 0 Å². The fourth-order valence-corrected chi connectivity index (χ4v) is 2.49. The van der Waals surface area contributed by atoms with Crippen molar-refractivity contribution >= 4 is 21.9 Å². The van der Waals surface area contributed by atoms with E-state index in [0.717, 1.165) is 0 Å². The van der Waals surface area contributed by atoms with Crippen LogP contribution in [-0.2, 0) is 28.3 Å². The molecule has 0 aliphatic heterocycles. The predicted octanol–water partition coefficient (Wildman–Crippen LogP) is 4.59. The van der Waals surface area contributed by atoms with Gasteiger partial charge in [-0.15, -0.1) is 0 Å². The predicted molar refractivity (Wildman–Crippen MR) is 64.5 cm³/mol. The van der Waals surface area contributed by atoms with Gasteiger partial charge in [-0.25, -0.2) is 0 Å². The number of ether oxygens (including phenoxy) is 1. The largest absolute Gasteiger partial charge is 0.466 e. The Morgan fingerprint density at radius 2 is 1.71 bits per heavy atom. The second-order valence-corrected chi connectivity index (χ2v) is 4.73. The molecule has 0 radical (unpaired) electrons. The number of alkyl halides is 6. The SMILES string of the molecule is CCOC(=O)Cc1ccc(C(F)(F)F)c(Br)c1C(F)(F)F. The molecule has 0 spiro atoms. The van der Waals surface area contributed by atoms with Crippen molar-refractivity contribution in [2.75, 3.05) is 6.61 Å². The molecular formula is C12H9BrF6O2. The van der Waals surface area contributed by atoms with Crippen LogP contribution in [0.5, 0.6) is 0 Å². The van der Waals surface area contributed by atoms with Crippen molar-refractivity contribution in [2.24, 2.45) is 0 Å². The second-order valence-electron chi connectivity index (χ2n) is 3.94. The Kier molecular flexibility index (Phi) is 5.30. The Hall–Kier alpha value is -1.25. The van der Waals surface area contributed by atoms with Gasteiger partial charge in [0.05, 0.1) is 24.2 Å². The highest BCUT2D eigenvalue weighted by Crippen LogP contribution is 2.44. The van der Waals surface area contributed by atoms with Crippen molar-refractivity contribution in [3.8, 4) is 0 Å². The molecule has 9 heteroatoms. The number of benzene rings is 1. The first-order valence-corrected chi connectivity index (χ1v) is 6.39. The molecule has 0 N–H and O–H groups in total. The Balaban J connectivity index is 3.40. The Morgan fingerprint density at radius 3 is 2.14 bits per heavy atom. The second kappa shape index (κ2) is 6.25. The maximum Gasteiger partial charge on any atom is 0.417 e. The van der Waals surface area contributed by atoms with E-state index in [1.807, 2.05) is 0 Å². The minimum atomic E-state index is -5.04. The van der Waals surface area contributed by atoms with E-state index in [4.69, 9.17) is 0 Å². The van der Waals surface area contributed by atoms with E-state index >= 15 is 0 Å². The van der Waals surface area contributed by atoms with E-state index in [1.165, 1.54) is 6.92 Å². The summed E-state index contributed by atoms with van der Waals surface area (Å²) < 4.78 is 80.2. The van der Waals surface area contributed by atoms with Crippen molar-refractivity contribution in [2.45, 2.75) is 25.7 Å². The molecule has 0 saturated carbocycles. The summed E-state index contributed by atoms with van der Waals surface area (Å²) in [6, 6.07) is 1.13. The van der Waals surface area contributed by atoms with E-state index in [9.17, 15) is 31.1 Å². The van der Waals surface area contributed by atoms with Gasteiger partial charge in [-0.05, 0) is 34.5 Å². The van der Waals surface area contributed by atoms with Crippen molar-refractivity contribution in [3.63, 3.8) is 0 Å². The van der Waals surface area contributed by atoms with Crippen molar-refractivity contribution < 1.29 is 35.9 Å². The molecule has 2 nitrogen and oxygen atoms in total. The van der Waals surface area contributed by atoms with Crippen LogP contribution in [0.2, 0.25) is 0 Å². The number of hydrogen-bond acceptors (Lipinski definition) is 2. The summed E-state index contributed by atoms with van der Waals surface area (Å²) in [6.07, 6.45) is -10.7. The lowest BCUT2D eigenvalue weighted by Crippen LogP contribution is -2.18.